The van der Waals surface area contributed by atoms with E-state index < -0.39 is 53.7 Å². The van der Waals surface area contributed by atoms with E-state index in [2.05, 4.69) is 16.0 Å². The Morgan fingerprint density at radius 3 is 2.00 bits per heavy atom. The summed E-state index contributed by atoms with van der Waals surface area (Å²) in [4.78, 5) is 50.5. The molecule has 0 unspecified atom stereocenters. The molecule has 200 valence electrons. The number of rotatable bonds is 10. The van der Waals surface area contributed by atoms with Gasteiger partial charge in [-0.05, 0) is 49.6 Å². The second-order valence-electron chi connectivity index (χ2n) is 8.87. The lowest BCUT2D eigenvalue weighted by Crippen LogP contribution is -2.54. The molecular formula is C26H30F3N3O5. The third-order valence-corrected chi connectivity index (χ3v) is 5.55. The topological polar surface area (TPSA) is 114 Å². The maximum atomic E-state index is 13.1. The number of aryl methyl sites for hydroxylation is 1. The van der Waals surface area contributed by atoms with E-state index in [1.807, 2.05) is 0 Å². The van der Waals surface area contributed by atoms with E-state index in [1.54, 1.807) is 31.2 Å². The number of hydrogen-bond acceptors (Lipinski definition) is 5. The van der Waals surface area contributed by atoms with Crippen molar-refractivity contribution < 1.29 is 37.1 Å². The second-order valence-corrected chi connectivity index (χ2v) is 8.87. The zero-order valence-corrected chi connectivity index (χ0v) is 21.1. The fraction of sp³-hybridized carbons (Fsp3) is 0.385. The van der Waals surface area contributed by atoms with E-state index in [0.717, 1.165) is 5.56 Å². The van der Waals surface area contributed by atoms with Crippen molar-refractivity contribution in [3.05, 3.63) is 65.2 Å². The molecule has 0 spiro atoms. The van der Waals surface area contributed by atoms with E-state index >= 15 is 0 Å². The number of Topliss-reactive ketones (excluding diaryl/α,β-unsaturated/α-hetero) is 1. The van der Waals surface area contributed by atoms with E-state index in [1.165, 1.54) is 52.1 Å². The first-order chi connectivity index (χ1) is 17.2. The van der Waals surface area contributed by atoms with Crippen LogP contribution in [0, 0.1) is 12.8 Å². The lowest BCUT2D eigenvalue weighted by molar-refractivity contribution is -0.175. The zero-order chi connectivity index (χ0) is 27.9. The minimum Gasteiger partial charge on any atom is -0.497 e. The van der Waals surface area contributed by atoms with Crippen LogP contribution in [-0.4, -0.2) is 48.9 Å². The Balaban J connectivity index is 2.27. The number of benzene rings is 2. The average Bonchev–Trinajstić information content (AvgIpc) is 2.84. The summed E-state index contributed by atoms with van der Waals surface area (Å²) >= 11 is 0. The number of ether oxygens (including phenoxy) is 1. The van der Waals surface area contributed by atoms with Gasteiger partial charge in [-0.3, -0.25) is 19.2 Å². The van der Waals surface area contributed by atoms with Crippen molar-refractivity contribution in [1.82, 2.24) is 16.0 Å². The van der Waals surface area contributed by atoms with Crippen molar-refractivity contribution in [2.24, 2.45) is 5.92 Å². The number of halogens is 3. The normalized spacial score (nSPS) is 13.8. The van der Waals surface area contributed by atoms with Crippen LogP contribution in [0.15, 0.2) is 48.5 Å². The summed E-state index contributed by atoms with van der Waals surface area (Å²) in [6.45, 7) is 5.92. The molecule has 0 heterocycles. The molecule has 8 nitrogen and oxygen atoms in total. The first-order valence-corrected chi connectivity index (χ1v) is 11.5. The molecule has 0 aliphatic rings. The fourth-order valence-corrected chi connectivity index (χ4v) is 3.44. The molecule has 0 saturated heterocycles. The number of alkyl halides is 3. The lowest BCUT2D eigenvalue weighted by atomic mass is 9.97. The number of amides is 3. The Kier molecular flexibility index (Phi) is 9.81. The summed E-state index contributed by atoms with van der Waals surface area (Å²) < 4.78 is 44.4. The van der Waals surface area contributed by atoms with E-state index in [0.29, 0.717) is 11.3 Å². The molecule has 0 fully saturated rings. The standard InChI is InChI=1S/C26H30F3N3O5/c1-14(2)20(22(33)26(27,28)29)31-25(36)21(17-9-11-19(37-5)12-10-17)32-23(34)16(4)30-24(35)18-8-6-7-15(3)13-18/h6-14,16,20-21H,1-5H3,(H,30,35)(H,31,36)(H,32,34)/t16-,20-,21-/m0/s1. The molecular weight excluding hydrogens is 491 g/mol. The zero-order valence-electron chi connectivity index (χ0n) is 21.1. The number of carbonyl (C=O) groups excluding carboxylic acids is 4. The van der Waals surface area contributed by atoms with Gasteiger partial charge in [0.15, 0.2) is 0 Å². The predicted molar refractivity (Wildman–Crippen MR) is 130 cm³/mol. The minimum absolute atomic E-state index is 0.228. The van der Waals surface area contributed by atoms with Crippen LogP contribution in [0.1, 0.15) is 48.3 Å². The molecule has 2 aromatic rings. The first-order valence-electron chi connectivity index (χ1n) is 11.5. The lowest BCUT2D eigenvalue weighted by Gasteiger charge is -2.26. The fourth-order valence-electron chi connectivity index (χ4n) is 3.44. The maximum absolute atomic E-state index is 13.1. The highest BCUT2D eigenvalue weighted by atomic mass is 19.4. The van der Waals surface area contributed by atoms with Crippen LogP contribution in [0.5, 0.6) is 5.75 Å². The number of methoxy groups -OCH3 is 1. The summed E-state index contributed by atoms with van der Waals surface area (Å²) in [6.07, 6.45) is -5.16. The van der Waals surface area contributed by atoms with Crippen LogP contribution in [0.4, 0.5) is 13.2 Å². The van der Waals surface area contributed by atoms with Crippen LogP contribution in [0.3, 0.4) is 0 Å². The van der Waals surface area contributed by atoms with Gasteiger partial charge in [0.05, 0.1) is 13.2 Å². The highest BCUT2D eigenvalue weighted by molar-refractivity contribution is 5.99. The molecule has 2 aromatic carbocycles. The van der Waals surface area contributed by atoms with Gasteiger partial charge >= 0.3 is 6.18 Å². The van der Waals surface area contributed by atoms with Gasteiger partial charge in [0.25, 0.3) is 11.7 Å². The van der Waals surface area contributed by atoms with Gasteiger partial charge in [-0.2, -0.15) is 13.2 Å². The summed E-state index contributed by atoms with van der Waals surface area (Å²) in [6, 6.07) is 8.20. The molecule has 0 aliphatic heterocycles. The van der Waals surface area contributed by atoms with Crippen molar-refractivity contribution >= 4 is 23.5 Å². The summed E-state index contributed by atoms with van der Waals surface area (Å²) in [5, 5.41) is 7.12. The van der Waals surface area contributed by atoms with Crippen molar-refractivity contribution in [1.29, 1.82) is 0 Å². The molecule has 3 amide bonds. The van der Waals surface area contributed by atoms with Gasteiger partial charge in [-0.15, -0.1) is 0 Å². The molecule has 0 aliphatic carbocycles. The summed E-state index contributed by atoms with van der Waals surface area (Å²) in [5.74, 6) is -4.84. The predicted octanol–water partition coefficient (Wildman–Crippen LogP) is 3.25. The van der Waals surface area contributed by atoms with Crippen molar-refractivity contribution in [2.75, 3.05) is 7.11 Å². The molecule has 0 saturated carbocycles. The maximum Gasteiger partial charge on any atom is 0.452 e. The average molecular weight is 522 g/mol. The SMILES string of the molecule is COc1ccc([C@H](NC(=O)[C@H](C)NC(=O)c2cccc(C)c2)C(=O)N[C@H](C(=O)C(F)(F)F)C(C)C)cc1. The third-order valence-electron chi connectivity index (χ3n) is 5.55. The molecule has 0 aromatic heterocycles. The van der Waals surface area contributed by atoms with Gasteiger partial charge in [-0.25, -0.2) is 0 Å². The van der Waals surface area contributed by atoms with Crippen molar-refractivity contribution in [3.8, 4) is 5.75 Å². The van der Waals surface area contributed by atoms with Gasteiger partial charge in [0.1, 0.15) is 17.8 Å². The highest BCUT2D eigenvalue weighted by Crippen LogP contribution is 2.23. The molecule has 0 bridgehead atoms. The van der Waals surface area contributed by atoms with E-state index in [4.69, 9.17) is 4.74 Å². The van der Waals surface area contributed by atoms with Gasteiger partial charge in [0.2, 0.25) is 11.8 Å². The number of carbonyl (C=O) groups is 4. The smallest absolute Gasteiger partial charge is 0.452 e. The van der Waals surface area contributed by atoms with E-state index in [-0.39, 0.29) is 5.56 Å². The van der Waals surface area contributed by atoms with Crippen LogP contribution < -0.4 is 20.7 Å². The molecule has 37 heavy (non-hydrogen) atoms. The highest BCUT2D eigenvalue weighted by Gasteiger charge is 2.45. The summed E-state index contributed by atoms with van der Waals surface area (Å²) in [5.41, 5.74) is 1.40. The quantitative estimate of drug-likeness (QED) is 0.444. The summed E-state index contributed by atoms with van der Waals surface area (Å²) in [7, 11) is 1.43. The largest absolute Gasteiger partial charge is 0.497 e. The Bertz CT molecular complexity index is 1130. The molecule has 11 heteroatoms. The number of hydrogen-bond donors (Lipinski definition) is 3. The van der Waals surface area contributed by atoms with E-state index in [9.17, 15) is 32.3 Å². The Hall–Kier alpha value is -3.89. The van der Waals surface area contributed by atoms with Crippen LogP contribution >= 0.6 is 0 Å². The van der Waals surface area contributed by atoms with Crippen molar-refractivity contribution in [2.45, 2.75) is 52.0 Å². The van der Waals surface area contributed by atoms with Crippen LogP contribution in [0.25, 0.3) is 0 Å². The van der Waals surface area contributed by atoms with Crippen LogP contribution in [0.2, 0.25) is 0 Å². The van der Waals surface area contributed by atoms with Gasteiger partial charge in [-0.1, -0.05) is 43.7 Å². The second kappa shape index (κ2) is 12.4. The number of nitrogens with one attached hydrogen (secondary N) is 3. The molecule has 3 atom stereocenters. The Morgan fingerprint density at radius 2 is 1.49 bits per heavy atom. The third kappa shape index (κ3) is 8.06. The number of ketones is 1. The monoisotopic (exact) mass is 521 g/mol. The molecule has 0 radical (unpaired) electrons. The van der Waals surface area contributed by atoms with Gasteiger partial charge < -0.3 is 20.7 Å². The Morgan fingerprint density at radius 1 is 0.865 bits per heavy atom. The van der Waals surface area contributed by atoms with Gasteiger partial charge in [0, 0.05) is 5.56 Å². The minimum atomic E-state index is -5.16. The van der Waals surface area contributed by atoms with Crippen LogP contribution in [-0.2, 0) is 14.4 Å². The molecule has 3 N–H and O–H groups in total. The Labute approximate surface area is 213 Å². The van der Waals surface area contributed by atoms with Crippen molar-refractivity contribution in [3.63, 3.8) is 0 Å². The molecule has 2 rings (SSSR count). The first kappa shape index (κ1) is 29.3.